The molecule has 1 N–H and O–H groups in total. The second-order valence-corrected chi connectivity index (χ2v) is 4.97. The summed E-state index contributed by atoms with van der Waals surface area (Å²) in [6, 6.07) is 11.9. The first-order chi connectivity index (χ1) is 8.69. The van der Waals surface area contributed by atoms with Gasteiger partial charge in [-0.2, -0.15) is 0 Å². The zero-order valence-electron chi connectivity index (χ0n) is 10.3. The van der Waals surface area contributed by atoms with Gasteiger partial charge in [-0.05, 0) is 31.2 Å². The summed E-state index contributed by atoms with van der Waals surface area (Å²) in [5.74, 6) is -0.116. The van der Waals surface area contributed by atoms with E-state index in [0.29, 0.717) is 5.56 Å². The van der Waals surface area contributed by atoms with Gasteiger partial charge in [0.05, 0.1) is 5.56 Å². The van der Waals surface area contributed by atoms with Gasteiger partial charge < -0.3 is 5.32 Å². The van der Waals surface area contributed by atoms with Gasteiger partial charge in [-0.3, -0.25) is 4.79 Å². The van der Waals surface area contributed by atoms with Crippen molar-refractivity contribution in [2.24, 2.45) is 0 Å². The number of aryl methyl sites for hydroxylation is 1. The summed E-state index contributed by atoms with van der Waals surface area (Å²) in [5.41, 5.74) is 1.81. The van der Waals surface area contributed by atoms with Crippen molar-refractivity contribution in [3.8, 4) is 0 Å². The van der Waals surface area contributed by atoms with Crippen LogP contribution in [0.2, 0.25) is 0 Å². The molecule has 0 radical (unpaired) electrons. The van der Waals surface area contributed by atoms with Crippen LogP contribution in [0, 0.1) is 6.92 Å². The molecule has 0 spiro atoms. The molecular formula is C14H14N2OS. The van der Waals surface area contributed by atoms with Gasteiger partial charge in [0.15, 0.2) is 0 Å². The predicted molar refractivity (Wildman–Crippen MR) is 72.9 cm³/mol. The van der Waals surface area contributed by atoms with Crippen molar-refractivity contribution in [3.05, 3.63) is 53.7 Å². The van der Waals surface area contributed by atoms with Crippen LogP contribution in [0.3, 0.4) is 0 Å². The lowest BCUT2D eigenvalue weighted by atomic mass is 10.2. The Morgan fingerprint density at radius 2 is 1.89 bits per heavy atom. The fourth-order valence-corrected chi connectivity index (χ4v) is 2.20. The van der Waals surface area contributed by atoms with Crippen molar-refractivity contribution in [2.75, 3.05) is 7.05 Å². The van der Waals surface area contributed by atoms with E-state index in [0.717, 1.165) is 9.92 Å². The second kappa shape index (κ2) is 5.69. The van der Waals surface area contributed by atoms with Crippen molar-refractivity contribution in [1.82, 2.24) is 10.3 Å². The standard InChI is InChI=1S/C14H14N2OS/c1-10-3-6-12(7-4-10)18-13-8-5-11(9-16-13)14(17)15-2/h3-9H,1-2H3,(H,15,17). The van der Waals surface area contributed by atoms with E-state index < -0.39 is 0 Å². The van der Waals surface area contributed by atoms with E-state index >= 15 is 0 Å². The number of nitrogens with zero attached hydrogens (tertiary/aromatic N) is 1. The molecule has 0 bridgehead atoms. The minimum absolute atomic E-state index is 0.116. The van der Waals surface area contributed by atoms with Crippen molar-refractivity contribution in [2.45, 2.75) is 16.8 Å². The fourth-order valence-electron chi connectivity index (χ4n) is 1.45. The highest BCUT2D eigenvalue weighted by Gasteiger charge is 2.04. The van der Waals surface area contributed by atoms with Crippen LogP contribution < -0.4 is 5.32 Å². The Balaban J connectivity index is 2.10. The van der Waals surface area contributed by atoms with Crippen LogP contribution in [0.1, 0.15) is 15.9 Å². The number of carbonyl (C=O) groups excluding carboxylic acids is 1. The molecule has 0 unspecified atom stereocenters. The first-order valence-corrected chi connectivity index (χ1v) is 6.43. The van der Waals surface area contributed by atoms with Crippen LogP contribution in [-0.2, 0) is 0 Å². The largest absolute Gasteiger partial charge is 0.355 e. The Kier molecular flexibility index (Phi) is 3.99. The van der Waals surface area contributed by atoms with Crippen molar-refractivity contribution in [3.63, 3.8) is 0 Å². The Morgan fingerprint density at radius 1 is 1.17 bits per heavy atom. The third kappa shape index (κ3) is 3.11. The number of benzene rings is 1. The molecule has 4 heteroatoms. The molecule has 0 atom stereocenters. The normalized spacial score (nSPS) is 10.1. The molecule has 2 aromatic rings. The maximum absolute atomic E-state index is 11.4. The minimum Gasteiger partial charge on any atom is -0.355 e. The molecule has 0 saturated heterocycles. The van der Waals surface area contributed by atoms with Gasteiger partial charge in [-0.1, -0.05) is 29.5 Å². The highest BCUT2D eigenvalue weighted by atomic mass is 32.2. The Hall–Kier alpha value is -1.81. The van der Waals surface area contributed by atoms with E-state index in [9.17, 15) is 4.79 Å². The molecule has 2 rings (SSSR count). The maximum atomic E-state index is 11.4. The smallest absolute Gasteiger partial charge is 0.252 e. The van der Waals surface area contributed by atoms with E-state index in [-0.39, 0.29) is 5.91 Å². The summed E-state index contributed by atoms with van der Waals surface area (Å²) >= 11 is 1.58. The Labute approximate surface area is 111 Å². The molecule has 1 aromatic carbocycles. The van der Waals surface area contributed by atoms with Gasteiger partial charge in [0.25, 0.3) is 5.91 Å². The molecule has 0 aliphatic heterocycles. The van der Waals surface area contributed by atoms with E-state index in [1.54, 1.807) is 31.1 Å². The van der Waals surface area contributed by atoms with Crippen LogP contribution >= 0.6 is 11.8 Å². The monoisotopic (exact) mass is 258 g/mol. The van der Waals surface area contributed by atoms with Gasteiger partial charge in [0.2, 0.25) is 0 Å². The van der Waals surface area contributed by atoms with Crippen LogP contribution in [0.5, 0.6) is 0 Å². The second-order valence-electron chi connectivity index (χ2n) is 3.88. The van der Waals surface area contributed by atoms with E-state index in [1.807, 2.05) is 6.07 Å². The maximum Gasteiger partial charge on any atom is 0.252 e. The lowest BCUT2D eigenvalue weighted by molar-refractivity contribution is 0.0962. The molecule has 1 aromatic heterocycles. The number of pyridine rings is 1. The predicted octanol–water partition coefficient (Wildman–Crippen LogP) is 2.90. The fraction of sp³-hybridized carbons (Fsp3) is 0.143. The summed E-state index contributed by atoms with van der Waals surface area (Å²) in [6.45, 7) is 2.06. The van der Waals surface area contributed by atoms with Crippen LogP contribution in [0.4, 0.5) is 0 Å². The zero-order chi connectivity index (χ0) is 13.0. The van der Waals surface area contributed by atoms with Crippen molar-refractivity contribution in [1.29, 1.82) is 0 Å². The highest BCUT2D eigenvalue weighted by Crippen LogP contribution is 2.25. The molecule has 92 valence electrons. The number of rotatable bonds is 3. The molecule has 0 aliphatic rings. The lowest BCUT2D eigenvalue weighted by Crippen LogP contribution is -2.17. The topological polar surface area (TPSA) is 42.0 Å². The quantitative estimate of drug-likeness (QED) is 0.920. The number of nitrogens with one attached hydrogen (secondary N) is 1. The van der Waals surface area contributed by atoms with Gasteiger partial charge in [-0.15, -0.1) is 0 Å². The number of aromatic nitrogens is 1. The van der Waals surface area contributed by atoms with Gasteiger partial charge in [0.1, 0.15) is 5.03 Å². The van der Waals surface area contributed by atoms with Gasteiger partial charge in [0, 0.05) is 18.1 Å². The highest BCUT2D eigenvalue weighted by molar-refractivity contribution is 7.99. The first-order valence-electron chi connectivity index (χ1n) is 5.61. The summed E-state index contributed by atoms with van der Waals surface area (Å²) in [6.07, 6.45) is 1.59. The molecule has 18 heavy (non-hydrogen) atoms. The van der Waals surface area contributed by atoms with Crippen LogP contribution in [0.25, 0.3) is 0 Å². The van der Waals surface area contributed by atoms with E-state index in [1.165, 1.54) is 5.56 Å². The average Bonchev–Trinajstić information content (AvgIpc) is 2.41. The Bertz CT molecular complexity index is 535. The summed E-state index contributed by atoms with van der Waals surface area (Å²) < 4.78 is 0. The number of carbonyl (C=O) groups is 1. The molecule has 1 heterocycles. The number of hydrogen-bond donors (Lipinski definition) is 1. The van der Waals surface area contributed by atoms with Crippen LogP contribution in [0.15, 0.2) is 52.5 Å². The zero-order valence-corrected chi connectivity index (χ0v) is 11.1. The van der Waals surface area contributed by atoms with Gasteiger partial charge >= 0.3 is 0 Å². The first kappa shape index (κ1) is 12.6. The summed E-state index contributed by atoms with van der Waals surface area (Å²) in [7, 11) is 1.61. The third-order valence-corrected chi connectivity index (χ3v) is 3.43. The molecule has 0 fully saturated rings. The van der Waals surface area contributed by atoms with Crippen LogP contribution in [-0.4, -0.2) is 17.9 Å². The molecule has 0 saturated carbocycles. The number of hydrogen-bond acceptors (Lipinski definition) is 3. The summed E-state index contributed by atoms with van der Waals surface area (Å²) in [4.78, 5) is 16.8. The van der Waals surface area contributed by atoms with Crippen molar-refractivity contribution >= 4 is 17.7 Å². The molecule has 3 nitrogen and oxygen atoms in total. The third-order valence-electron chi connectivity index (χ3n) is 2.47. The number of amides is 1. The minimum atomic E-state index is -0.116. The molecular weight excluding hydrogens is 244 g/mol. The molecule has 1 amide bonds. The van der Waals surface area contributed by atoms with E-state index in [2.05, 4.69) is 41.5 Å². The lowest BCUT2D eigenvalue weighted by Gasteiger charge is -2.03. The van der Waals surface area contributed by atoms with Crippen molar-refractivity contribution < 1.29 is 4.79 Å². The van der Waals surface area contributed by atoms with E-state index in [4.69, 9.17) is 0 Å². The molecule has 0 aliphatic carbocycles. The van der Waals surface area contributed by atoms with Gasteiger partial charge in [-0.25, -0.2) is 4.98 Å². The Morgan fingerprint density at radius 3 is 2.44 bits per heavy atom. The average molecular weight is 258 g/mol. The summed E-state index contributed by atoms with van der Waals surface area (Å²) in [5, 5.41) is 3.45. The SMILES string of the molecule is CNC(=O)c1ccc(Sc2ccc(C)cc2)nc1.